The fourth-order valence-corrected chi connectivity index (χ4v) is 2.73. The molecule has 0 saturated heterocycles. The Morgan fingerprint density at radius 1 is 1.44 bits per heavy atom. The normalized spacial score (nSPS) is 25.4. The highest BCUT2D eigenvalue weighted by Crippen LogP contribution is 2.27. The van der Waals surface area contributed by atoms with Gasteiger partial charge in [-0.2, -0.15) is 0 Å². The zero-order valence-corrected chi connectivity index (χ0v) is 11.1. The summed E-state index contributed by atoms with van der Waals surface area (Å²) in [6.07, 6.45) is 5.43. The van der Waals surface area contributed by atoms with E-state index in [0.29, 0.717) is 5.02 Å². The van der Waals surface area contributed by atoms with Crippen LogP contribution in [-0.4, -0.2) is 22.2 Å². The molecular formula is C11H14BrClN2O. The quantitative estimate of drug-likeness (QED) is 0.882. The first kappa shape index (κ1) is 12.1. The summed E-state index contributed by atoms with van der Waals surface area (Å²) >= 11 is 9.22. The van der Waals surface area contributed by atoms with Gasteiger partial charge in [0.15, 0.2) is 0 Å². The molecule has 5 heteroatoms. The number of halogens is 2. The molecule has 0 aliphatic heterocycles. The van der Waals surface area contributed by atoms with Gasteiger partial charge in [-0.05, 0) is 34.8 Å². The van der Waals surface area contributed by atoms with Crippen molar-refractivity contribution in [3.05, 3.63) is 21.8 Å². The second-order valence-corrected chi connectivity index (χ2v) is 5.38. The van der Waals surface area contributed by atoms with Crippen LogP contribution in [0.25, 0.3) is 0 Å². The van der Waals surface area contributed by atoms with E-state index in [1.165, 1.54) is 0 Å². The number of aliphatic hydroxyl groups excluding tert-OH is 1. The molecule has 1 aromatic heterocycles. The Hall–Kier alpha value is -0.320. The van der Waals surface area contributed by atoms with Gasteiger partial charge in [-0.15, -0.1) is 0 Å². The van der Waals surface area contributed by atoms with Crippen LogP contribution in [0.1, 0.15) is 25.7 Å². The molecule has 0 bridgehead atoms. The van der Waals surface area contributed by atoms with Gasteiger partial charge < -0.3 is 10.4 Å². The second-order valence-electron chi connectivity index (χ2n) is 4.09. The maximum Gasteiger partial charge on any atom is 0.140 e. The third-order valence-electron chi connectivity index (χ3n) is 2.86. The maximum atomic E-state index is 9.84. The summed E-state index contributed by atoms with van der Waals surface area (Å²) in [5.41, 5.74) is 0. The molecule has 3 nitrogen and oxygen atoms in total. The van der Waals surface area contributed by atoms with Gasteiger partial charge in [0, 0.05) is 6.20 Å². The van der Waals surface area contributed by atoms with Crippen LogP contribution in [0, 0.1) is 0 Å². The first-order chi connectivity index (χ1) is 7.66. The van der Waals surface area contributed by atoms with Crippen LogP contribution in [0.5, 0.6) is 0 Å². The number of aliphatic hydroxyl groups is 1. The lowest BCUT2D eigenvalue weighted by molar-refractivity contribution is 0.116. The van der Waals surface area contributed by atoms with Gasteiger partial charge in [-0.1, -0.05) is 24.4 Å². The standard InChI is InChI=1S/C11H14BrClN2O/c12-8-5-7(13)6-14-11(8)15-9-3-1-2-4-10(9)16/h5-6,9-10,16H,1-4H2,(H,14,15). The molecule has 0 radical (unpaired) electrons. The topological polar surface area (TPSA) is 45.1 Å². The zero-order valence-electron chi connectivity index (χ0n) is 8.79. The fraction of sp³-hybridized carbons (Fsp3) is 0.545. The van der Waals surface area contributed by atoms with Crippen LogP contribution < -0.4 is 5.32 Å². The largest absolute Gasteiger partial charge is 0.391 e. The first-order valence-electron chi connectivity index (χ1n) is 5.42. The molecule has 16 heavy (non-hydrogen) atoms. The van der Waals surface area contributed by atoms with Gasteiger partial charge in [0.25, 0.3) is 0 Å². The first-order valence-corrected chi connectivity index (χ1v) is 6.59. The summed E-state index contributed by atoms with van der Waals surface area (Å²) in [5.74, 6) is 0.746. The molecule has 2 atom stereocenters. The summed E-state index contributed by atoms with van der Waals surface area (Å²) in [7, 11) is 0. The molecule has 2 rings (SSSR count). The van der Waals surface area contributed by atoms with Gasteiger partial charge in [-0.25, -0.2) is 4.98 Å². The van der Waals surface area contributed by atoms with Crippen molar-refractivity contribution >= 4 is 33.3 Å². The number of nitrogens with zero attached hydrogens (tertiary/aromatic N) is 1. The molecule has 0 aromatic carbocycles. The summed E-state index contributed by atoms with van der Waals surface area (Å²) in [4.78, 5) is 4.21. The predicted octanol–water partition coefficient (Wildman–Crippen LogP) is 3.21. The minimum Gasteiger partial charge on any atom is -0.391 e. The van der Waals surface area contributed by atoms with Gasteiger partial charge in [0.2, 0.25) is 0 Å². The van der Waals surface area contributed by atoms with Gasteiger partial charge >= 0.3 is 0 Å². The number of nitrogens with one attached hydrogen (secondary N) is 1. The molecule has 2 unspecified atom stereocenters. The fourth-order valence-electron chi connectivity index (χ4n) is 1.98. The average Bonchev–Trinajstić information content (AvgIpc) is 2.25. The number of rotatable bonds is 2. The molecule has 1 heterocycles. The SMILES string of the molecule is OC1CCCCC1Nc1ncc(Cl)cc1Br. The van der Waals surface area contributed by atoms with E-state index in [-0.39, 0.29) is 12.1 Å². The number of pyridine rings is 1. The van der Waals surface area contributed by atoms with E-state index in [9.17, 15) is 5.11 Å². The van der Waals surface area contributed by atoms with Gasteiger partial charge in [0.1, 0.15) is 5.82 Å². The number of hydrogen-bond donors (Lipinski definition) is 2. The number of anilines is 1. The van der Waals surface area contributed by atoms with E-state index >= 15 is 0 Å². The molecule has 1 aromatic rings. The van der Waals surface area contributed by atoms with Crippen molar-refractivity contribution in [2.75, 3.05) is 5.32 Å². The lowest BCUT2D eigenvalue weighted by atomic mass is 9.92. The van der Waals surface area contributed by atoms with E-state index in [1.807, 2.05) is 0 Å². The Morgan fingerprint density at radius 3 is 2.88 bits per heavy atom. The molecule has 1 fully saturated rings. The predicted molar refractivity (Wildman–Crippen MR) is 68.8 cm³/mol. The molecule has 1 aliphatic rings. The van der Waals surface area contributed by atoms with Gasteiger partial charge in [-0.3, -0.25) is 0 Å². The van der Waals surface area contributed by atoms with Crippen LogP contribution in [0.4, 0.5) is 5.82 Å². The van der Waals surface area contributed by atoms with Crippen molar-refractivity contribution in [2.24, 2.45) is 0 Å². The Bertz CT molecular complexity index is 375. The third-order valence-corrected chi connectivity index (χ3v) is 3.67. The van der Waals surface area contributed by atoms with E-state index < -0.39 is 0 Å². The molecule has 0 spiro atoms. The highest BCUT2D eigenvalue weighted by atomic mass is 79.9. The van der Waals surface area contributed by atoms with E-state index in [4.69, 9.17) is 11.6 Å². The van der Waals surface area contributed by atoms with Crippen molar-refractivity contribution in [3.8, 4) is 0 Å². The van der Waals surface area contributed by atoms with Crippen LogP contribution in [0.2, 0.25) is 5.02 Å². The second kappa shape index (κ2) is 5.34. The summed E-state index contributed by atoms with van der Waals surface area (Å²) in [6.45, 7) is 0. The van der Waals surface area contributed by atoms with Crippen molar-refractivity contribution in [1.82, 2.24) is 4.98 Å². The van der Waals surface area contributed by atoms with Crippen LogP contribution in [0.3, 0.4) is 0 Å². The molecule has 88 valence electrons. The Morgan fingerprint density at radius 2 is 2.19 bits per heavy atom. The molecule has 2 N–H and O–H groups in total. The van der Waals surface area contributed by atoms with Crippen LogP contribution in [0.15, 0.2) is 16.7 Å². The minimum absolute atomic E-state index is 0.0960. The lowest BCUT2D eigenvalue weighted by Crippen LogP contribution is -2.36. The monoisotopic (exact) mass is 304 g/mol. The summed E-state index contributed by atoms with van der Waals surface area (Å²) < 4.78 is 0.831. The Kier molecular flexibility index (Phi) is 4.05. The van der Waals surface area contributed by atoms with Crippen molar-refractivity contribution < 1.29 is 5.11 Å². The van der Waals surface area contributed by atoms with E-state index in [0.717, 1.165) is 36.0 Å². The zero-order chi connectivity index (χ0) is 11.5. The van der Waals surface area contributed by atoms with E-state index in [2.05, 4.69) is 26.2 Å². The molecule has 1 saturated carbocycles. The summed E-state index contributed by atoms with van der Waals surface area (Å²) in [6, 6.07) is 1.89. The van der Waals surface area contributed by atoms with Crippen molar-refractivity contribution in [2.45, 2.75) is 37.8 Å². The average molecular weight is 306 g/mol. The van der Waals surface area contributed by atoms with Gasteiger partial charge in [0.05, 0.1) is 21.6 Å². The Balaban J connectivity index is 2.07. The third kappa shape index (κ3) is 2.87. The molecule has 1 aliphatic carbocycles. The lowest BCUT2D eigenvalue weighted by Gasteiger charge is -2.29. The Labute approximate surface area is 108 Å². The van der Waals surface area contributed by atoms with Crippen LogP contribution in [-0.2, 0) is 0 Å². The minimum atomic E-state index is -0.280. The highest BCUT2D eigenvalue weighted by Gasteiger charge is 2.23. The number of aromatic nitrogens is 1. The van der Waals surface area contributed by atoms with E-state index in [1.54, 1.807) is 12.3 Å². The smallest absolute Gasteiger partial charge is 0.140 e. The van der Waals surface area contributed by atoms with Crippen molar-refractivity contribution in [3.63, 3.8) is 0 Å². The maximum absolute atomic E-state index is 9.84. The number of hydrogen-bond acceptors (Lipinski definition) is 3. The highest BCUT2D eigenvalue weighted by molar-refractivity contribution is 9.10. The van der Waals surface area contributed by atoms with Crippen molar-refractivity contribution in [1.29, 1.82) is 0 Å². The molecular weight excluding hydrogens is 291 g/mol. The summed E-state index contributed by atoms with van der Waals surface area (Å²) in [5, 5.41) is 13.7. The molecule has 0 amide bonds. The van der Waals surface area contributed by atoms with Crippen LogP contribution >= 0.6 is 27.5 Å².